The summed E-state index contributed by atoms with van der Waals surface area (Å²) in [7, 11) is 0. The summed E-state index contributed by atoms with van der Waals surface area (Å²) in [6.45, 7) is 0. The van der Waals surface area contributed by atoms with Crippen molar-refractivity contribution in [3.8, 4) is 77.9 Å². The van der Waals surface area contributed by atoms with Crippen LogP contribution in [0.2, 0.25) is 0 Å². The second kappa shape index (κ2) is 13.7. The van der Waals surface area contributed by atoms with Gasteiger partial charge in [-0.15, -0.1) is 0 Å². The average Bonchev–Trinajstić information content (AvgIpc) is 4.17. The van der Waals surface area contributed by atoms with Gasteiger partial charge in [0.05, 0.1) is 0 Å². The number of hydrogen-bond acceptors (Lipinski definition) is 1. The Morgan fingerprint density at radius 2 is 0.643 bits per heavy atom. The van der Waals surface area contributed by atoms with Crippen molar-refractivity contribution in [2.45, 2.75) is 0 Å². The van der Waals surface area contributed by atoms with Crippen LogP contribution in [0.4, 0.5) is 0 Å². The molecule has 0 unspecified atom stereocenters. The fraction of sp³-hybridized carbons (Fsp3) is 0. The van der Waals surface area contributed by atoms with Crippen LogP contribution in [0.15, 0.2) is 223 Å². The monoisotopic (exact) mass is 998 g/mol. The van der Waals surface area contributed by atoms with E-state index < -0.39 is 20.4 Å². The van der Waals surface area contributed by atoms with Gasteiger partial charge in [0, 0.05) is 5.56 Å². The van der Waals surface area contributed by atoms with E-state index in [0.717, 1.165) is 38.6 Å². The van der Waals surface area contributed by atoms with Crippen LogP contribution in [0.3, 0.4) is 0 Å². The first-order valence-corrected chi connectivity index (χ1v) is 26.6. The third-order valence-electron chi connectivity index (χ3n) is 15.9. The van der Waals surface area contributed by atoms with E-state index in [0.29, 0.717) is 0 Å². The second-order valence-electron chi connectivity index (χ2n) is 19.4. The van der Waals surface area contributed by atoms with Gasteiger partial charge in [-0.25, -0.2) is 0 Å². The van der Waals surface area contributed by atoms with E-state index in [1.165, 1.54) is 133 Å². The van der Waals surface area contributed by atoms with Crippen LogP contribution in [0.1, 0.15) is 0 Å². The Kier molecular flexibility index (Phi) is 7.39. The summed E-state index contributed by atoms with van der Waals surface area (Å²) in [4.78, 5) is 0. The predicted molar refractivity (Wildman–Crippen MR) is 298 cm³/mol. The molecule has 0 radical (unpaired) electrons. The number of benzene rings is 13. The van der Waals surface area contributed by atoms with E-state index in [1.807, 2.05) is 0 Å². The zero-order chi connectivity index (χ0) is 45.3. The van der Waals surface area contributed by atoms with Gasteiger partial charge >= 0.3 is 355 Å². The van der Waals surface area contributed by atoms with E-state index in [9.17, 15) is 0 Å². The predicted octanol–water partition coefficient (Wildman–Crippen LogP) is 19.0. The molecule has 0 bridgehead atoms. The molecule has 0 spiro atoms. The van der Waals surface area contributed by atoms with Gasteiger partial charge in [-0.1, -0.05) is 48.5 Å². The van der Waals surface area contributed by atoms with Crippen molar-refractivity contribution < 1.29 is 4.42 Å². The maximum absolute atomic E-state index is 7.24. The van der Waals surface area contributed by atoms with Gasteiger partial charge in [0.15, 0.2) is 0 Å². The molecule has 0 N–H and O–H groups in total. The van der Waals surface area contributed by atoms with Gasteiger partial charge in [0.2, 0.25) is 0 Å². The second-order valence-corrected chi connectivity index (χ2v) is 22.4. The molecule has 17 rings (SSSR count). The van der Waals surface area contributed by atoms with Crippen LogP contribution >= 0.6 is 0 Å². The molecule has 320 valence electrons. The van der Waals surface area contributed by atoms with Crippen molar-refractivity contribution in [2.24, 2.45) is 0 Å². The molecular formula is C68H36OTe. The summed E-state index contributed by atoms with van der Waals surface area (Å²) in [5, 5.41) is 17.9. The van der Waals surface area contributed by atoms with Crippen LogP contribution in [0.25, 0.3) is 171 Å². The molecule has 2 heteroatoms. The van der Waals surface area contributed by atoms with Gasteiger partial charge in [-0.2, -0.15) is 0 Å². The summed E-state index contributed by atoms with van der Waals surface area (Å²) in [5.74, 6) is 0. The molecule has 1 nitrogen and oxygen atoms in total. The van der Waals surface area contributed by atoms with Gasteiger partial charge in [-0.05, 0) is 5.56 Å². The Balaban J connectivity index is 1.05. The minimum atomic E-state index is -0.632. The number of furan rings is 1. The largest absolute Gasteiger partial charge is 0.0616 e. The van der Waals surface area contributed by atoms with E-state index in [4.69, 9.17) is 4.42 Å². The summed E-state index contributed by atoms with van der Waals surface area (Å²) in [6.07, 6.45) is 0. The van der Waals surface area contributed by atoms with E-state index in [1.54, 1.807) is 0 Å². The summed E-state index contributed by atoms with van der Waals surface area (Å²) < 4.78 is 10.3. The quantitative estimate of drug-likeness (QED) is 0.127. The molecule has 0 amide bonds. The maximum Gasteiger partial charge on any atom is -0.0542 e. The molecule has 0 saturated carbocycles. The Morgan fingerprint density at radius 1 is 0.243 bits per heavy atom. The SMILES string of the molecule is c1ccc(-c2cccc3c2oc2c(-c4cc5c6cc7c(cc6c(-c6cccc8c6[te]c6ccccc68)cc5c5cc6c(cc45)-c4cccc5cccc-6c45)-c4cccc5cccc-7c45)cccc23)cc1. The molecule has 0 aliphatic heterocycles. The van der Waals surface area contributed by atoms with Crippen molar-refractivity contribution in [3.63, 3.8) is 0 Å². The van der Waals surface area contributed by atoms with Crippen molar-refractivity contribution in [1.82, 2.24) is 0 Å². The number of fused-ring (bicyclic) bond motifs is 17. The van der Waals surface area contributed by atoms with Gasteiger partial charge in [0.1, 0.15) is 0 Å². The van der Waals surface area contributed by atoms with Crippen LogP contribution < -0.4 is 0 Å². The third kappa shape index (κ3) is 4.92. The molecule has 0 atom stereocenters. The molecule has 2 aliphatic rings. The Hall–Kier alpha value is -8.25. The molecule has 15 aromatic rings. The van der Waals surface area contributed by atoms with Crippen LogP contribution in [0.5, 0.6) is 0 Å². The molecule has 2 heterocycles. The molecule has 2 aromatic heterocycles. The molecular weight excluding hydrogens is 960 g/mol. The van der Waals surface area contributed by atoms with Gasteiger partial charge in [-0.3, -0.25) is 0 Å². The zero-order valence-electron chi connectivity index (χ0n) is 37.6. The molecule has 2 aliphatic carbocycles. The standard InChI is InChI=1S/C68H36OTe/c1-2-13-37(14-3-1)40-20-10-25-46-47-26-11-27-48(67(47)69-66(40)46)55-35-61-60-34-54-45-24-9-18-39-16-7-22-43(65(39)45)52(54)32-58(60)56(50-29-12-28-49-41-19-4-5-30-63(41)70-68(49)50)36-62(61)59-33-53-44-23-8-17-38-15-6-21-42(64(38)44)51(53)31-57(55)59/h1-36H. The summed E-state index contributed by atoms with van der Waals surface area (Å²) in [6, 6.07) is 82.7. The normalized spacial score (nSPS) is 12.6. The van der Waals surface area contributed by atoms with Crippen LogP contribution in [-0.4, -0.2) is 20.4 Å². The first-order chi connectivity index (χ1) is 34.7. The molecule has 0 fully saturated rings. The minimum Gasteiger partial charge on any atom is -0.0616 e. The van der Waals surface area contributed by atoms with Crippen molar-refractivity contribution in [2.75, 3.05) is 0 Å². The Labute approximate surface area is 411 Å². The van der Waals surface area contributed by atoms with Crippen LogP contribution in [-0.2, 0) is 0 Å². The van der Waals surface area contributed by atoms with Gasteiger partial charge in [0.25, 0.3) is 0 Å². The Morgan fingerprint density at radius 3 is 1.23 bits per heavy atom. The van der Waals surface area contributed by atoms with Crippen molar-refractivity contribution in [1.29, 1.82) is 0 Å². The number of hydrogen-bond donors (Lipinski definition) is 0. The topological polar surface area (TPSA) is 13.1 Å². The summed E-state index contributed by atoms with van der Waals surface area (Å²) in [5.41, 5.74) is 19.5. The van der Waals surface area contributed by atoms with Gasteiger partial charge < -0.3 is 0 Å². The minimum absolute atomic E-state index is 0.632. The third-order valence-corrected chi connectivity index (χ3v) is 19.4. The van der Waals surface area contributed by atoms with E-state index in [-0.39, 0.29) is 0 Å². The summed E-state index contributed by atoms with van der Waals surface area (Å²) >= 11 is -0.632. The molecule has 13 aromatic carbocycles. The molecule has 0 saturated heterocycles. The molecule has 70 heavy (non-hydrogen) atoms. The zero-order valence-corrected chi connectivity index (χ0v) is 39.9. The average molecular weight is 997 g/mol. The van der Waals surface area contributed by atoms with Crippen molar-refractivity contribution >= 4 is 114 Å². The first kappa shape index (κ1) is 37.7. The van der Waals surface area contributed by atoms with E-state index in [2.05, 4.69) is 218 Å². The smallest absolute Gasteiger partial charge is 0.0542 e. The van der Waals surface area contributed by atoms with E-state index >= 15 is 0 Å². The number of rotatable bonds is 3. The first-order valence-electron chi connectivity index (χ1n) is 24.2. The fourth-order valence-corrected chi connectivity index (χ4v) is 16.4. The fourth-order valence-electron chi connectivity index (χ4n) is 12.9. The van der Waals surface area contributed by atoms with Crippen molar-refractivity contribution in [3.05, 3.63) is 218 Å². The Bertz CT molecular complexity index is 4860. The maximum atomic E-state index is 7.24. The van der Waals surface area contributed by atoms with Crippen LogP contribution in [0, 0.1) is 0 Å². The number of para-hydroxylation sites is 2.